The van der Waals surface area contributed by atoms with Crippen LogP contribution in [0.3, 0.4) is 0 Å². The fourth-order valence-electron chi connectivity index (χ4n) is 13.0. The monoisotopic (exact) mass is 1160 g/mol. The van der Waals surface area contributed by atoms with Crippen LogP contribution in [0.1, 0.15) is 105 Å². The lowest BCUT2D eigenvalue weighted by Gasteiger charge is -2.63. The molecule has 1 aliphatic heterocycles. The summed E-state index contributed by atoms with van der Waals surface area (Å²) in [6.45, 7) is 7.05. The third-order valence-corrected chi connectivity index (χ3v) is 21.1. The molecule has 1 saturated heterocycles. The van der Waals surface area contributed by atoms with Crippen molar-refractivity contribution in [2.24, 2.45) is 51.8 Å². The molecule has 2 amide bonds. The molecule has 2 aromatic heterocycles. The first-order chi connectivity index (χ1) is 35.4. The Labute approximate surface area is 443 Å². The zero-order valence-electron chi connectivity index (χ0n) is 43.0. The minimum Gasteiger partial charge on any atom is -0.393 e. The molecule has 0 radical (unpaired) electrons. The van der Waals surface area contributed by atoms with Gasteiger partial charge in [-0.2, -0.15) is 4.31 Å². The van der Waals surface area contributed by atoms with Gasteiger partial charge in [0.15, 0.2) is 22.8 Å². The fourth-order valence-corrected chi connectivity index (χ4v) is 16.6. The first kappa shape index (κ1) is 61.1. The van der Waals surface area contributed by atoms with E-state index in [2.05, 4.69) is 55.2 Å². The quantitative estimate of drug-likeness (QED) is 0.0559. The van der Waals surface area contributed by atoms with Gasteiger partial charge in [-0.15, -0.1) is 0 Å². The van der Waals surface area contributed by atoms with Crippen molar-refractivity contribution in [1.29, 1.82) is 0 Å². The fraction of sp³-hybridized carbons (Fsp3) is 0.822. The number of amides is 2. The van der Waals surface area contributed by atoms with E-state index in [-0.39, 0.29) is 94.0 Å². The molecular weight excluding hydrogens is 1080 g/mol. The zero-order chi connectivity index (χ0) is 55.9. The second kappa shape index (κ2) is 23.9. The Morgan fingerprint density at radius 1 is 0.947 bits per heavy atom. The summed E-state index contributed by atoms with van der Waals surface area (Å²) in [5, 5.41) is 60.6. The van der Waals surface area contributed by atoms with Gasteiger partial charge < -0.3 is 66.2 Å². The second-order valence-corrected chi connectivity index (χ2v) is 27.7. The number of aliphatic hydroxyl groups is 5. The predicted octanol–water partition coefficient (Wildman–Crippen LogP) is 2.04. The van der Waals surface area contributed by atoms with E-state index < -0.39 is 96.8 Å². The van der Waals surface area contributed by atoms with E-state index in [9.17, 15) is 73.2 Å². The number of carbonyl (C=O) groups excluding carboxylic acids is 3. The average Bonchev–Trinajstić information content (AvgIpc) is 4.03. The van der Waals surface area contributed by atoms with Crippen LogP contribution in [0.15, 0.2) is 12.7 Å². The van der Waals surface area contributed by atoms with Crippen LogP contribution in [0.2, 0.25) is 0 Å². The van der Waals surface area contributed by atoms with Crippen LogP contribution in [0, 0.1) is 51.8 Å². The number of nitrogens with one attached hydrogen (secondary N) is 2. The van der Waals surface area contributed by atoms with Gasteiger partial charge in [0.2, 0.25) is 11.8 Å². The van der Waals surface area contributed by atoms with Crippen LogP contribution in [0.25, 0.3) is 11.2 Å². The highest BCUT2D eigenvalue weighted by Gasteiger charge is 2.66. The molecule has 3 heterocycles. The molecule has 18 atom stereocenters. The van der Waals surface area contributed by atoms with E-state index >= 15 is 0 Å². The molecule has 0 bridgehead atoms. The van der Waals surface area contributed by atoms with Crippen LogP contribution in [-0.4, -0.2) is 156 Å². The third kappa shape index (κ3) is 13.6. The predicted molar refractivity (Wildman–Crippen MR) is 269 cm³/mol. The number of nitrogens with zero attached hydrogens (tertiary/aromatic N) is 4. The molecule has 18 unspecified atom stereocenters. The van der Waals surface area contributed by atoms with Crippen LogP contribution >= 0.6 is 35.2 Å². The summed E-state index contributed by atoms with van der Waals surface area (Å²) in [6.07, 6.45) is -1.83. The number of phosphoric ester groups is 3. The Morgan fingerprint density at radius 3 is 2.37 bits per heavy atom. The molecule has 2 aromatic rings. The van der Waals surface area contributed by atoms with Gasteiger partial charge in [0.1, 0.15) is 36.3 Å². The summed E-state index contributed by atoms with van der Waals surface area (Å²) < 4.78 is 62.7. The number of phosphoric acid groups is 3. The maximum absolute atomic E-state index is 13.0. The van der Waals surface area contributed by atoms with Crippen molar-refractivity contribution in [2.75, 3.05) is 37.8 Å². The van der Waals surface area contributed by atoms with Crippen molar-refractivity contribution in [1.82, 2.24) is 30.2 Å². The highest BCUT2D eigenvalue weighted by molar-refractivity contribution is 8.13. The molecule has 5 fully saturated rings. The Balaban J connectivity index is 0.784. The maximum atomic E-state index is 13.0. The van der Waals surface area contributed by atoms with Crippen molar-refractivity contribution in [2.45, 2.75) is 148 Å². The number of carbonyl (C=O) groups is 3. The standard InChI is InChI=1S/C45H74N7O20P3S/c1-23(26-7-8-27-34-28(18-31(55)45(26,27)5)44(4)12-10-25(53)16-24(44)17-29(34)54)6-9-33(57)76-15-14-47-32(56)11-13-48-41(60)38(59)43(2,3)20-69-75(66,67)72-74(64,65)68-19-30-37(71-73(61,62)63)36(58)42(70-30)52-22-51-35-39(46)49-21-50-40(35)52/h21-31,34,36-38,42,53-55,58-59H,6-20H2,1-5H3,(H,47,56)(H,48,60)(H,64,65)(H,66,67)(H2,46,49,50)(H2,61,62,63). The number of hydrogen-bond acceptors (Lipinski definition) is 21. The zero-order valence-corrected chi connectivity index (χ0v) is 46.5. The molecule has 27 nitrogen and oxygen atoms in total. The van der Waals surface area contributed by atoms with Gasteiger partial charge in [-0.25, -0.2) is 28.6 Å². The number of nitrogens with two attached hydrogens (primary N) is 1. The van der Waals surface area contributed by atoms with E-state index in [0.717, 1.165) is 54.7 Å². The van der Waals surface area contributed by atoms with Crippen molar-refractivity contribution in [3.8, 4) is 0 Å². The molecule has 4 saturated carbocycles. The van der Waals surface area contributed by atoms with E-state index in [0.29, 0.717) is 37.9 Å². The first-order valence-electron chi connectivity index (χ1n) is 25.5. The molecule has 0 spiro atoms. The number of thioether (sulfide) groups is 1. The molecule has 4 aliphatic carbocycles. The lowest BCUT2D eigenvalue weighted by Crippen LogP contribution is -2.62. The molecule has 13 N–H and O–H groups in total. The lowest BCUT2D eigenvalue weighted by atomic mass is 9.43. The highest BCUT2D eigenvalue weighted by Crippen LogP contribution is 2.68. The molecule has 5 aliphatic rings. The van der Waals surface area contributed by atoms with Gasteiger partial charge in [0.25, 0.3) is 0 Å². The number of hydrogen-bond donors (Lipinski definition) is 12. The smallest absolute Gasteiger partial charge is 0.393 e. The first-order valence-corrected chi connectivity index (χ1v) is 31.0. The Hall–Kier alpha value is -2.56. The second-order valence-electron chi connectivity index (χ2n) is 22.3. The van der Waals surface area contributed by atoms with Crippen LogP contribution in [0.4, 0.5) is 5.82 Å². The molecular formula is C45H74N7O20P3S. The van der Waals surface area contributed by atoms with E-state index in [1.165, 1.54) is 13.8 Å². The summed E-state index contributed by atoms with van der Waals surface area (Å²) in [7, 11) is -16.5. The summed E-state index contributed by atoms with van der Waals surface area (Å²) in [5.74, 6) is -0.0993. The summed E-state index contributed by atoms with van der Waals surface area (Å²) in [5.41, 5.74) is 3.86. The third-order valence-electron chi connectivity index (χ3n) is 17.1. The number of imidazole rings is 1. The molecule has 430 valence electrons. The summed E-state index contributed by atoms with van der Waals surface area (Å²) in [4.78, 5) is 89.7. The number of rotatable bonds is 23. The lowest BCUT2D eigenvalue weighted by molar-refractivity contribution is -0.207. The number of aliphatic hydroxyl groups excluding tert-OH is 5. The van der Waals surface area contributed by atoms with Crippen molar-refractivity contribution < 1.29 is 95.8 Å². The minimum atomic E-state index is -5.60. The van der Waals surface area contributed by atoms with Gasteiger partial charge in [0, 0.05) is 37.1 Å². The number of fused-ring (bicyclic) bond motifs is 6. The normalized spacial score (nSPS) is 35.0. The van der Waals surface area contributed by atoms with Gasteiger partial charge in [-0.1, -0.05) is 46.4 Å². The largest absolute Gasteiger partial charge is 0.481 e. The van der Waals surface area contributed by atoms with Crippen LogP contribution < -0.4 is 16.4 Å². The molecule has 7 rings (SSSR count). The van der Waals surface area contributed by atoms with Gasteiger partial charge >= 0.3 is 23.5 Å². The number of aromatic nitrogens is 4. The SMILES string of the molecule is CC(CCC(=O)SCCNC(=O)CCNC(=O)C(O)C(C)(C)COP(=O)(O)OP(=O)(O)OCC1OC(n2cnc3c(N)ncnc32)C(O)C1OP(=O)(O)O)C1CCC2C3C(O)CC4CC(O)CCC4(C)C3CC(O)C12C. The highest BCUT2D eigenvalue weighted by atomic mass is 32.2. The summed E-state index contributed by atoms with van der Waals surface area (Å²) >= 11 is 1.10. The number of ether oxygens (including phenoxy) is 1. The van der Waals surface area contributed by atoms with Gasteiger partial charge in [0.05, 0.1) is 37.9 Å². The van der Waals surface area contributed by atoms with Gasteiger partial charge in [-0.3, -0.25) is 32.5 Å². The number of anilines is 1. The van der Waals surface area contributed by atoms with Crippen molar-refractivity contribution in [3.63, 3.8) is 0 Å². The van der Waals surface area contributed by atoms with Crippen LogP contribution in [-0.2, 0) is 50.7 Å². The van der Waals surface area contributed by atoms with E-state index in [1.54, 1.807) is 0 Å². The van der Waals surface area contributed by atoms with Gasteiger partial charge in [-0.05, 0) is 97.7 Å². The maximum Gasteiger partial charge on any atom is 0.481 e. The minimum absolute atomic E-state index is 0.0137. The Kier molecular flexibility index (Phi) is 19.2. The van der Waals surface area contributed by atoms with E-state index in [1.807, 2.05) is 0 Å². The Morgan fingerprint density at radius 2 is 1.66 bits per heavy atom. The molecule has 0 aromatic carbocycles. The van der Waals surface area contributed by atoms with Crippen molar-refractivity contribution >= 4 is 69.1 Å². The van der Waals surface area contributed by atoms with E-state index in [4.69, 9.17) is 19.5 Å². The van der Waals surface area contributed by atoms with Crippen molar-refractivity contribution in [3.05, 3.63) is 12.7 Å². The average molecular weight is 1160 g/mol. The topological polar surface area (TPSA) is 424 Å². The molecule has 76 heavy (non-hydrogen) atoms. The Bertz CT molecular complexity index is 2560. The summed E-state index contributed by atoms with van der Waals surface area (Å²) in [6, 6.07) is 0. The molecule has 31 heteroatoms. The van der Waals surface area contributed by atoms with Crippen LogP contribution in [0.5, 0.6) is 0 Å². The number of nitrogen functional groups attached to an aromatic ring is 1.